The molecule has 0 spiro atoms. The highest BCUT2D eigenvalue weighted by Gasteiger charge is 2.35. The molecule has 0 aromatic carbocycles. The van der Waals surface area contributed by atoms with E-state index in [0.29, 0.717) is 5.41 Å². The molecule has 0 radical (unpaired) electrons. The minimum absolute atomic E-state index is 0.451. The van der Waals surface area contributed by atoms with E-state index in [4.69, 9.17) is 15.2 Å². The molecule has 0 saturated heterocycles. The van der Waals surface area contributed by atoms with Crippen molar-refractivity contribution in [1.29, 1.82) is 0 Å². The van der Waals surface area contributed by atoms with Crippen molar-refractivity contribution in [2.45, 2.75) is 32.1 Å². The summed E-state index contributed by atoms with van der Waals surface area (Å²) in [6, 6.07) is 0. The Balaban J connectivity index is 2.25. The molecule has 1 fully saturated rings. The molecule has 1 saturated carbocycles. The van der Waals surface area contributed by atoms with E-state index >= 15 is 0 Å². The first kappa shape index (κ1) is 15.9. The van der Waals surface area contributed by atoms with E-state index in [1.807, 2.05) is 0 Å². The lowest BCUT2D eigenvalue weighted by molar-refractivity contribution is 0.0868. The van der Waals surface area contributed by atoms with E-state index in [9.17, 15) is 0 Å². The van der Waals surface area contributed by atoms with Gasteiger partial charge in [-0.15, -0.1) is 0 Å². The number of hydrogen-bond acceptors (Lipinski definition) is 4. The summed E-state index contributed by atoms with van der Waals surface area (Å²) in [7, 11) is 3.53. The van der Waals surface area contributed by atoms with Crippen LogP contribution in [-0.2, 0) is 9.47 Å². The molecule has 0 aromatic rings. The summed E-state index contributed by atoms with van der Waals surface area (Å²) in [4.78, 5) is 2.48. The van der Waals surface area contributed by atoms with Gasteiger partial charge < -0.3 is 20.1 Å². The van der Waals surface area contributed by atoms with Crippen molar-refractivity contribution in [3.63, 3.8) is 0 Å². The van der Waals surface area contributed by atoms with Gasteiger partial charge in [-0.2, -0.15) is 0 Å². The highest BCUT2D eigenvalue weighted by atomic mass is 16.5. The van der Waals surface area contributed by atoms with Crippen LogP contribution in [0.1, 0.15) is 32.1 Å². The number of ether oxygens (including phenoxy) is 2. The summed E-state index contributed by atoms with van der Waals surface area (Å²) in [5, 5.41) is 0. The zero-order valence-corrected chi connectivity index (χ0v) is 12.1. The molecule has 0 unspecified atom stereocenters. The highest BCUT2D eigenvalue weighted by Crippen LogP contribution is 2.42. The van der Waals surface area contributed by atoms with Gasteiger partial charge in [-0.25, -0.2) is 0 Å². The third kappa shape index (κ3) is 5.22. The van der Waals surface area contributed by atoms with E-state index in [0.717, 1.165) is 45.8 Å². The normalized spacial score (nSPS) is 18.0. The van der Waals surface area contributed by atoms with E-state index in [1.165, 1.54) is 25.7 Å². The van der Waals surface area contributed by atoms with E-state index in [2.05, 4.69) is 4.90 Å². The third-order valence-electron chi connectivity index (χ3n) is 4.24. The van der Waals surface area contributed by atoms with Crippen LogP contribution in [0.5, 0.6) is 0 Å². The maximum atomic E-state index is 5.91. The highest BCUT2D eigenvalue weighted by molar-refractivity contribution is 4.89. The molecule has 4 heteroatoms. The summed E-state index contributed by atoms with van der Waals surface area (Å²) in [6.07, 6.45) is 6.33. The van der Waals surface area contributed by atoms with Crippen molar-refractivity contribution >= 4 is 0 Å². The quantitative estimate of drug-likeness (QED) is 0.570. The van der Waals surface area contributed by atoms with Crippen molar-refractivity contribution in [3.05, 3.63) is 0 Å². The van der Waals surface area contributed by atoms with Crippen LogP contribution in [0.15, 0.2) is 0 Å². The smallest absolute Gasteiger partial charge is 0.0589 e. The zero-order valence-electron chi connectivity index (χ0n) is 12.1. The van der Waals surface area contributed by atoms with Crippen molar-refractivity contribution in [1.82, 2.24) is 4.90 Å². The fraction of sp³-hybridized carbons (Fsp3) is 1.00. The van der Waals surface area contributed by atoms with Gasteiger partial charge in [0, 0.05) is 33.9 Å². The molecule has 0 aliphatic heterocycles. The molecule has 1 aliphatic rings. The fourth-order valence-corrected chi connectivity index (χ4v) is 2.62. The Morgan fingerprint density at radius 3 is 2.28 bits per heavy atom. The summed E-state index contributed by atoms with van der Waals surface area (Å²) >= 11 is 0. The molecular formula is C14H30N2O2. The van der Waals surface area contributed by atoms with Crippen LogP contribution in [0.25, 0.3) is 0 Å². The lowest BCUT2D eigenvalue weighted by atomic mass is 9.66. The monoisotopic (exact) mass is 258 g/mol. The number of methoxy groups -OCH3 is 2. The molecule has 1 rings (SSSR count). The largest absolute Gasteiger partial charge is 0.385 e. The second-order valence-corrected chi connectivity index (χ2v) is 5.49. The molecule has 0 atom stereocenters. The second kappa shape index (κ2) is 8.86. The van der Waals surface area contributed by atoms with Gasteiger partial charge in [0.2, 0.25) is 0 Å². The molecule has 0 amide bonds. The predicted molar refractivity (Wildman–Crippen MR) is 74.8 cm³/mol. The molecule has 108 valence electrons. The van der Waals surface area contributed by atoms with Crippen molar-refractivity contribution in [2.75, 3.05) is 53.6 Å². The van der Waals surface area contributed by atoms with Crippen LogP contribution in [0.4, 0.5) is 0 Å². The average Bonchev–Trinajstić information content (AvgIpc) is 2.34. The van der Waals surface area contributed by atoms with Crippen LogP contribution < -0.4 is 5.73 Å². The average molecular weight is 258 g/mol. The Morgan fingerprint density at radius 2 is 1.78 bits per heavy atom. The number of nitrogens with zero attached hydrogens (tertiary/aromatic N) is 1. The van der Waals surface area contributed by atoms with E-state index < -0.39 is 0 Å². The van der Waals surface area contributed by atoms with Gasteiger partial charge in [0.15, 0.2) is 0 Å². The minimum Gasteiger partial charge on any atom is -0.385 e. The van der Waals surface area contributed by atoms with Crippen molar-refractivity contribution in [2.24, 2.45) is 11.1 Å². The molecule has 4 nitrogen and oxygen atoms in total. The minimum atomic E-state index is 0.451. The number of hydrogen-bond donors (Lipinski definition) is 1. The summed E-state index contributed by atoms with van der Waals surface area (Å²) in [5.74, 6) is 0. The van der Waals surface area contributed by atoms with Gasteiger partial charge in [0.25, 0.3) is 0 Å². The lowest BCUT2D eigenvalue weighted by Crippen LogP contribution is -2.41. The van der Waals surface area contributed by atoms with E-state index in [1.54, 1.807) is 14.2 Å². The van der Waals surface area contributed by atoms with Gasteiger partial charge >= 0.3 is 0 Å². The standard InChI is InChI=1S/C14H30N2O2/c1-17-11-4-8-16(10-12-18-2)9-7-14(13-15)5-3-6-14/h3-13,15H2,1-2H3. The first-order chi connectivity index (χ1) is 8.76. The fourth-order valence-electron chi connectivity index (χ4n) is 2.62. The van der Waals surface area contributed by atoms with Gasteiger partial charge in [-0.1, -0.05) is 6.42 Å². The lowest BCUT2D eigenvalue weighted by Gasteiger charge is -2.42. The molecule has 0 bridgehead atoms. The Morgan fingerprint density at radius 1 is 1.06 bits per heavy atom. The van der Waals surface area contributed by atoms with Gasteiger partial charge in [0.05, 0.1) is 6.61 Å². The summed E-state index contributed by atoms with van der Waals surface area (Å²) < 4.78 is 10.3. The maximum Gasteiger partial charge on any atom is 0.0589 e. The molecule has 18 heavy (non-hydrogen) atoms. The molecule has 0 heterocycles. The van der Waals surface area contributed by atoms with Crippen LogP contribution >= 0.6 is 0 Å². The SMILES string of the molecule is COCCCN(CCOC)CCC1(CN)CCC1. The van der Waals surface area contributed by atoms with Gasteiger partial charge in [-0.3, -0.25) is 0 Å². The number of rotatable bonds is 11. The first-order valence-electron chi connectivity index (χ1n) is 7.16. The Hall–Kier alpha value is -0.160. The third-order valence-corrected chi connectivity index (χ3v) is 4.24. The Bertz CT molecular complexity index is 202. The van der Waals surface area contributed by atoms with Crippen LogP contribution in [-0.4, -0.2) is 58.5 Å². The van der Waals surface area contributed by atoms with Crippen LogP contribution in [0.3, 0.4) is 0 Å². The predicted octanol–water partition coefficient (Wildman–Crippen LogP) is 1.49. The van der Waals surface area contributed by atoms with Crippen LogP contribution in [0, 0.1) is 5.41 Å². The molecular weight excluding hydrogens is 228 g/mol. The summed E-state index contributed by atoms with van der Waals surface area (Å²) in [5.41, 5.74) is 6.36. The maximum absolute atomic E-state index is 5.91. The molecule has 1 aliphatic carbocycles. The summed E-state index contributed by atoms with van der Waals surface area (Å²) in [6.45, 7) is 5.75. The Kier molecular flexibility index (Phi) is 7.82. The Labute approximate surface area is 112 Å². The zero-order chi connectivity index (χ0) is 13.3. The second-order valence-electron chi connectivity index (χ2n) is 5.49. The topological polar surface area (TPSA) is 47.7 Å². The first-order valence-corrected chi connectivity index (χ1v) is 7.16. The van der Waals surface area contributed by atoms with Crippen molar-refractivity contribution in [3.8, 4) is 0 Å². The number of nitrogens with two attached hydrogens (primary N) is 1. The van der Waals surface area contributed by atoms with E-state index in [-0.39, 0.29) is 0 Å². The van der Waals surface area contributed by atoms with Gasteiger partial charge in [0.1, 0.15) is 0 Å². The molecule has 2 N–H and O–H groups in total. The molecule has 0 aromatic heterocycles. The van der Waals surface area contributed by atoms with Gasteiger partial charge in [-0.05, 0) is 44.2 Å². The van der Waals surface area contributed by atoms with Crippen molar-refractivity contribution < 1.29 is 9.47 Å². The van der Waals surface area contributed by atoms with Crippen LogP contribution in [0.2, 0.25) is 0 Å².